The Morgan fingerprint density at radius 3 is 2.61 bits per heavy atom. The van der Waals surface area contributed by atoms with E-state index in [0.29, 0.717) is 13.1 Å². The Bertz CT molecular complexity index is 442. The van der Waals surface area contributed by atoms with Crippen LogP contribution in [0.1, 0.15) is 25.5 Å². The Labute approximate surface area is 107 Å². The largest absolute Gasteiger partial charge is 0.352 e. The third-order valence-corrected chi connectivity index (χ3v) is 3.10. The Kier molecular flexibility index (Phi) is 3.65. The summed E-state index contributed by atoms with van der Waals surface area (Å²) in [6.07, 6.45) is 0. The summed E-state index contributed by atoms with van der Waals surface area (Å²) in [7, 11) is 0. The van der Waals surface area contributed by atoms with Crippen LogP contribution in [0.25, 0.3) is 0 Å². The van der Waals surface area contributed by atoms with E-state index in [0.717, 1.165) is 5.56 Å². The summed E-state index contributed by atoms with van der Waals surface area (Å²) in [5, 5.41) is 2.82. The molecule has 1 aromatic carbocycles. The summed E-state index contributed by atoms with van der Waals surface area (Å²) >= 11 is 0. The molecular formula is C14H18N2O2. The van der Waals surface area contributed by atoms with Gasteiger partial charge in [0.05, 0.1) is 0 Å². The molecule has 1 aliphatic rings. The van der Waals surface area contributed by atoms with E-state index in [1.807, 2.05) is 44.2 Å². The summed E-state index contributed by atoms with van der Waals surface area (Å²) in [6, 6.07) is 8.95. The van der Waals surface area contributed by atoms with Gasteiger partial charge in [0.25, 0.3) is 0 Å². The highest BCUT2D eigenvalue weighted by molar-refractivity contribution is 5.90. The highest BCUT2D eigenvalue weighted by Gasteiger charge is 2.34. The van der Waals surface area contributed by atoms with Crippen molar-refractivity contribution in [2.75, 3.05) is 13.1 Å². The molecule has 2 amide bonds. The number of nitrogens with zero attached hydrogens (tertiary/aromatic N) is 1. The third-order valence-electron chi connectivity index (χ3n) is 3.10. The van der Waals surface area contributed by atoms with Gasteiger partial charge in [-0.2, -0.15) is 0 Å². The van der Waals surface area contributed by atoms with E-state index in [1.54, 1.807) is 4.90 Å². The lowest BCUT2D eigenvalue weighted by atomic mass is 10.0. The standard InChI is InChI=1S/C14H18N2O2/c1-10(2)14(18)16-9-8-15-13(17)12(16)11-6-4-3-5-7-11/h3-7,10,12H,8-9H2,1-2H3,(H,15,17). The van der Waals surface area contributed by atoms with Gasteiger partial charge in [-0.25, -0.2) is 0 Å². The summed E-state index contributed by atoms with van der Waals surface area (Å²) in [6.45, 7) is 4.82. The maximum atomic E-state index is 12.2. The first-order valence-corrected chi connectivity index (χ1v) is 6.24. The molecule has 18 heavy (non-hydrogen) atoms. The van der Waals surface area contributed by atoms with Crippen molar-refractivity contribution in [1.82, 2.24) is 10.2 Å². The van der Waals surface area contributed by atoms with E-state index < -0.39 is 6.04 Å². The third kappa shape index (κ3) is 2.37. The molecule has 0 saturated carbocycles. The molecule has 0 radical (unpaired) electrons. The van der Waals surface area contributed by atoms with Gasteiger partial charge in [-0.05, 0) is 5.56 Å². The van der Waals surface area contributed by atoms with Gasteiger partial charge >= 0.3 is 0 Å². The number of rotatable bonds is 2. The van der Waals surface area contributed by atoms with Crippen LogP contribution < -0.4 is 5.32 Å². The summed E-state index contributed by atoms with van der Waals surface area (Å²) in [5.74, 6) is -0.165. The van der Waals surface area contributed by atoms with Crippen molar-refractivity contribution in [3.8, 4) is 0 Å². The van der Waals surface area contributed by atoms with Crippen LogP contribution in [-0.2, 0) is 9.59 Å². The number of amides is 2. The lowest BCUT2D eigenvalue weighted by Gasteiger charge is -2.36. The zero-order valence-electron chi connectivity index (χ0n) is 10.7. The molecule has 1 aliphatic heterocycles. The molecule has 1 fully saturated rings. The van der Waals surface area contributed by atoms with E-state index >= 15 is 0 Å². The molecule has 1 heterocycles. The van der Waals surface area contributed by atoms with E-state index in [2.05, 4.69) is 5.32 Å². The van der Waals surface area contributed by atoms with Crippen molar-refractivity contribution in [3.05, 3.63) is 35.9 Å². The van der Waals surface area contributed by atoms with Crippen molar-refractivity contribution in [1.29, 1.82) is 0 Å². The molecule has 1 saturated heterocycles. The number of benzene rings is 1. The molecule has 4 heteroatoms. The quantitative estimate of drug-likeness (QED) is 0.856. The minimum absolute atomic E-state index is 0.0266. The van der Waals surface area contributed by atoms with Gasteiger partial charge in [-0.1, -0.05) is 44.2 Å². The lowest BCUT2D eigenvalue weighted by Crippen LogP contribution is -2.53. The zero-order valence-corrected chi connectivity index (χ0v) is 10.7. The number of nitrogens with one attached hydrogen (secondary N) is 1. The number of hydrogen-bond acceptors (Lipinski definition) is 2. The van der Waals surface area contributed by atoms with Gasteiger partial charge in [0.15, 0.2) is 0 Å². The Balaban J connectivity index is 2.32. The highest BCUT2D eigenvalue weighted by Crippen LogP contribution is 2.24. The van der Waals surface area contributed by atoms with Crippen LogP contribution in [0.2, 0.25) is 0 Å². The molecule has 0 spiro atoms. The minimum atomic E-state index is -0.491. The van der Waals surface area contributed by atoms with Gasteiger partial charge in [0.1, 0.15) is 6.04 Å². The molecule has 96 valence electrons. The Morgan fingerprint density at radius 1 is 1.33 bits per heavy atom. The summed E-state index contributed by atoms with van der Waals surface area (Å²) < 4.78 is 0. The van der Waals surface area contributed by atoms with Crippen LogP contribution in [0.5, 0.6) is 0 Å². The van der Waals surface area contributed by atoms with Crippen LogP contribution >= 0.6 is 0 Å². The summed E-state index contributed by atoms with van der Waals surface area (Å²) in [5.41, 5.74) is 0.865. The van der Waals surface area contributed by atoms with Gasteiger partial charge in [0, 0.05) is 19.0 Å². The fraction of sp³-hybridized carbons (Fsp3) is 0.429. The van der Waals surface area contributed by atoms with Crippen LogP contribution in [0.15, 0.2) is 30.3 Å². The SMILES string of the molecule is CC(C)C(=O)N1CCNC(=O)C1c1ccccc1. The second kappa shape index (κ2) is 5.21. The minimum Gasteiger partial charge on any atom is -0.352 e. The maximum absolute atomic E-state index is 12.2. The van der Waals surface area contributed by atoms with Gasteiger partial charge < -0.3 is 10.2 Å². The van der Waals surface area contributed by atoms with Crippen LogP contribution in [0.4, 0.5) is 0 Å². The summed E-state index contributed by atoms with van der Waals surface area (Å²) in [4.78, 5) is 25.9. The lowest BCUT2D eigenvalue weighted by molar-refractivity contribution is -0.145. The molecule has 1 unspecified atom stereocenters. The predicted molar refractivity (Wildman–Crippen MR) is 68.7 cm³/mol. The first-order valence-electron chi connectivity index (χ1n) is 6.24. The monoisotopic (exact) mass is 246 g/mol. The normalized spacial score (nSPS) is 19.8. The fourth-order valence-electron chi connectivity index (χ4n) is 2.20. The molecular weight excluding hydrogens is 228 g/mol. The first kappa shape index (κ1) is 12.6. The molecule has 4 nitrogen and oxygen atoms in total. The number of hydrogen-bond donors (Lipinski definition) is 1. The smallest absolute Gasteiger partial charge is 0.247 e. The second-order valence-corrected chi connectivity index (χ2v) is 4.79. The van der Waals surface area contributed by atoms with Crippen molar-refractivity contribution >= 4 is 11.8 Å². The van der Waals surface area contributed by atoms with Gasteiger partial charge in [-0.15, -0.1) is 0 Å². The van der Waals surface area contributed by atoms with Crippen molar-refractivity contribution < 1.29 is 9.59 Å². The molecule has 2 rings (SSSR count). The molecule has 0 aliphatic carbocycles. The van der Waals surface area contributed by atoms with Crippen LogP contribution in [0, 0.1) is 5.92 Å². The second-order valence-electron chi connectivity index (χ2n) is 4.79. The Hall–Kier alpha value is -1.84. The molecule has 0 bridgehead atoms. The molecule has 1 atom stereocenters. The molecule has 0 aromatic heterocycles. The number of carbonyl (C=O) groups excluding carboxylic acids is 2. The molecule has 1 N–H and O–H groups in total. The van der Waals surface area contributed by atoms with E-state index in [1.165, 1.54) is 0 Å². The predicted octanol–water partition coefficient (Wildman–Crippen LogP) is 1.34. The zero-order chi connectivity index (χ0) is 13.1. The molecule has 1 aromatic rings. The fourth-order valence-corrected chi connectivity index (χ4v) is 2.20. The Morgan fingerprint density at radius 2 is 2.00 bits per heavy atom. The first-order chi connectivity index (χ1) is 8.61. The van der Waals surface area contributed by atoms with Crippen molar-refractivity contribution in [2.45, 2.75) is 19.9 Å². The van der Waals surface area contributed by atoms with Crippen LogP contribution in [-0.4, -0.2) is 29.8 Å². The van der Waals surface area contributed by atoms with Crippen molar-refractivity contribution in [2.24, 2.45) is 5.92 Å². The average molecular weight is 246 g/mol. The van der Waals surface area contributed by atoms with Gasteiger partial charge in [0.2, 0.25) is 11.8 Å². The van der Waals surface area contributed by atoms with E-state index in [9.17, 15) is 9.59 Å². The van der Waals surface area contributed by atoms with Gasteiger partial charge in [-0.3, -0.25) is 9.59 Å². The maximum Gasteiger partial charge on any atom is 0.247 e. The topological polar surface area (TPSA) is 49.4 Å². The highest BCUT2D eigenvalue weighted by atomic mass is 16.2. The number of carbonyl (C=O) groups is 2. The van der Waals surface area contributed by atoms with E-state index in [-0.39, 0.29) is 17.7 Å². The van der Waals surface area contributed by atoms with Crippen molar-refractivity contribution in [3.63, 3.8) is 0 Å². The average Bonchev–Trinajstić information content (AvgIpc) is 2.38. The van der Waals surface area contributed by atoms with Crippen LogP contribution in [0.3, 0.4) is 0 Å². The van der Waals surface area contributed by atoms with E-state index in [4.69, 9.17) is 0 Å². The number of piperazine rings is 1.